The first kappa shape index (κ1) is 11.3. The largest absolute Gasteiger partial charge is 0.463 e. The second-order valence-corrected chi connectivity index (χ2v) is 4.78. The number of aromatic amines is 1. The van der Waals surface area contributed by atoms with Gasteiger partial charge in [0.25, 0.3) is 0 Å². The molecule has 1 aromatic carbocycles. The van der Waals surface area contributed by atoms with E-state index >= 15 is 0 Å². The summed E-state index contributed by atoms with van der Waals surface area (Å²) < 4.78 is 5.39. The van der Waals surface area contributed by atoms with Crippen LogP contribution < -0.4 is 5.73 Å². The monoisotopic (exact) mass is 276 g/mol. The predicted molar refractivity (Wildman–Crippen MR) is 76.9 cm³/mol. The van der Waals surface area contributed by atoms with Gasteiger partial charge in [0, 0.05) is 21.5 Å². The zero-order chi connectivity index (χ0) is 12.7. The Morgan fingerprint density at radius 3 is 2.83 bits per heavy atom. The topological polar surface area (TPSA) is 54.9 Å². The van der Waals surface area contributed by atoms with Gasteiger partial charge in [-0.3, -0.25) is 0 Å². The van der Waals surface area contributed by atoms with Gasteiger partial charge in [-0.25, -0.2) is 0 Å². The fourth-order valence-corrected chi connectivity index (χ4v) is 2.41. The second-order valence-electron chi connectivity index (χ2n) is 3.91. The summed E-state index contributed by atoms with van der Waals surface area (Å²) in [4.78, 5) is 3.57. The number of aromatic nitrogens is 1. The Hall–Kier alpha value is -1.78. The number of hydrogen-bond donors (Lipinski definition) is 2. The van der Waals surface area contributed by atoms with Gasteiger partial charge in [-0.05, 0) is 30.3 Å². The van der Waals surface area contributed by atoms with Gasteiger partial charge < -0.3 is 15.1 Å². The van der Waals surface area contributed by atoms with Gasteiger partial charge in [0.2, 0.25) is 0 Å². The van der Waals surface area contributed by atoms with Crippen molar-refractivity contribution in [1.29, 1.82) is 0 Å². The van der Waals surface area contributed by atoms with Crippen LogP contribution in [0.2, 0.25) is 5.02 Å². The van der Waals surface area contributed by atoms with Gasteiger partial charge in [0.1, 0.15) is 4.99 Å². The van der Waals surface area contributed by atoms with Gasteiger partial charge in [0.15, 0.2) is 5.76 Å². The first-order valence-corrected chi connectivity index (χ1v) is 6.10. The molecule has 0 aliphatic heterocycles. The number of H-pyrrole nitrogens is 1. The number of hydrogen-bond acceptors (Lipinski definition) is 2. The Morgan fingerprint density at radius 2 is 2.17 bits per heavy atom. The molecule has 0 unspecified atom stereocenters. The van der Waals surface area contributed by atoms with E-state index in [1.165, 1.54) is 0 Å². The number of rotatable bonds is 2. The maximum Gasteiger partial charge on any atom is 0.150 e. The fourth-order valence-electron chi connectivity index (χ4n) is 2.03. The van der Waals surface area contributed by atoms with E-state index in [0.717, 1.165) is 22.2 Å². The molecule has 0 atom stereocenters. The lowest BCUT2D eigenvalue weighted by atomic mass is 10.1. The van der Waals surface area contributed by atoms with Crippen LogP contribution in [0.25, 0.3) is 22.4 Å². The number of nitrogens with one attached hydrogen (secondary N) is 1. The van der Waals surface area contributed by atoms with Crippen LogP contribution >= 0.6 is 23.8 Å². The van der Waals surface area contributed by atoms with Crippen LogP contribution in [0, 0.1) is 0 Å². The summed E-state index contributed by atoms with van der Waals surface area (Å²) in [6.07, 6.45) is 1.61. The Labute approximate surface area is 114 Å². The summed E-state index contributed by atoms with van der Waals surface area (Å²) in [6, 6.07) is 9.22. The van der Waals surface area contributed by atoms with Crippen LogP contribution in [0.3, 0.4) is 0 Å². The lowest BCUT2D eigenvalue weighted by Crippen LogP contribution is -2.09. The molecule has 0 aliphatic carbocycles. The molecule has 0 saturated carbocycles. The summed E-state index contributed by atoms with van der Waals surface area (Å²) in [5.74, 6) is 0.699. The van der Waals surface area contributed by atoms with Gasteiger partial charge in [-0.2, -0.15) is 0 Å². The third kappa shape index (κ3) is 1.70. The molecule has 3 nitrogen and oxygen atoms in total. The Morgan fingerprint density at radius 1 is 1.33 bits per heavy atom. The molecule has 0 bridgehead atoms. The average Bonchev–Trinajstić information content (AvgIpc) is 2.94. The molecule has 90 valence electrons. The highest BCUT2D eigenvalue weighted by molar-refractivity contribution is 7.80. The van der Waals surface area contributed by atoms with Crippen LogP contribution in [0.1, 0.15) is 5.56 Å². The zero-order valence-electron chi connectivity index (χ0n) is 9.24. The molecule has 0 radical (unpaired) electrons. The number of fused-ring (bicyclic) bond motifs is 1. The molecule has 0 amide bonds. The third-order valence-corrected chi connectivity index (χ3v) is 3.21. The summed E-state index contributed by atoms with van der Waals surface area (Å²) in [5.41, 5.74) is 8.28. The Kier molecular flexibility index (Phi) is 2.61. The average molecular weight is 277 g/mol. The van der Waals surface area contributed by atoms with Gasteiger partial charge in [0.05, 0.1) is 12.0 Å². The number of benzene rings is 1. The number of nitrogens with two attached hydrogens (primary N) is 1. The highest BCUT2D eigenvalue weighted by Crippen LogP contribution is 2.32. The molecule has 3 rings (SSSR count). The SMILES string of the molecule is NC(=S)c1c(-c2ccco2)[nH]c2ccc(Cl)cc12. The van der Waals surface area contributed by atoms with Crippen molar-refractivity contribution in [2.45, 2.75) is 0 Å². The van der Waals surface area contributed by atoms with E-state index in [0.29, 0.717) is 15.8 Å². The van der Waals surface area contributed by atoms with Crippen molar-refractivity contribution < 1.29 is 4.42 Å². The molecule has 0 fully saturated rings. The second kappa shape index (κ2) is 4.15. The normalized spacial score (nSPS) is 10.9. The van der Waals surface area contributed by atoms with E-state index in [2.05, 4.69) is 4.98 Å². The molecule has 0 aliphatic rings. The van der Waals surface area contributed by atoms with Gasteiger partial charge >= 0.3 is 0 Å². The molecule has 2 heterocycles. The smallest absolute Gasteiger partial charge is 0.150 e. The van der Waals surface area contributed by atoms with Crippen LogP contribution in [0.15, 0.2) is 41.0 Å². The summed E-state index contributed by atoms with van der Waals surface area (Å²) in [6.45, 7) is 0. The third-order valence-electron chi connectivity index (χ3n) is 2.77. The van der Waals surface area contributed by atoms with E-state index in [4.69, 9.17) is 34.0 Å². The van der Waals surface area contributed by atoms with Crippen molar-refractivity contribution in [3.05, 3.63) is 47.2 Å². The minimum absolute atomic E-state index is 0.315. The maximum atomic E-state index is 6.01. The first-order chi connectivity index (χ1) is 8.66. The van der Waals surface area contributed by atoms with Crippen molar-refractivity contribution in [2.24, 2.45) is 5.73 Å². The van der Waals surface area contributed by atoms with Crippen LogP contribution in [-0.4, -0.2) is 9.97 Å². The Balaban J connectivity index is 2.38. The van der Waals surface area contributed by atoms with E-state index < -0.39 is 0 Å². The van der Waals surface area contributed by atoms with Crippen molar-refractivity contribution in [2.75, 3.05) is 0 Å². The maximum absolute atomic E-state index is 6.01. The van der Waals surface area contributed by atoms with Crippen molar-refractivity contribution in [3.8, 4) is 11.5 Å². The zero-order valence-corrected chi connectivity index (χ0v) is 10.8. The van der Waals surface area contributed by atoms with E-state index in [-0.39, 0.29) is 0 Å². The molecule has 2 aromatic heterocycles. The molecule has 3 N–H and O–H groups in total. The lowest BCUT2D eigenvalue weighted by Gasteiger charge is -1.99. The van der Waals surface area contributed by atoms with Crippen LogP contribution in [-0.2, 0) is 0 Å². The summed E-state index contributed by atoms with van der Waals surface area (Å²) >= 11 is 11.1. The number of furan rings is 1. The quantitative estimate of drug-likeness (QED) is 0.702. The van der Waals surface area contributed by atoms with Gasteiger partial charge in [-0.1, -0.05) is 23.8 Å². The van der Waals surface area contributed by atoms with Crippen molar-refractivity contribution >= 4 is 39.7 Å². The standard InChI is InChI=1S/C13H9ClN2OS/c14-7-3-4-9-8(6-7)11(13(15)18)12(16-9)10-2-1-5-17-10/h1-6,16H,(H2,15,18). The molecular weight excluding hydrogens is 268 g/mol. The summed E-state index contributed by atoms with van der Waals surface area (Å²) in [5, 5.41) is 1.55. The fraction of sp³-hybridized carbons (Fsp3) is 0. The summed E-state index contributed by atoms with van der Waals surface area (Å²) in [7, 11) is 0. The molecule has 0 saturated heterocycles. The number of halogens is 1. The highest BCUT2D eigenvalue weighted by Gasteiger charge is 2.17. The van der Waals surface area contributed by atoms with Gasteiger partial charge in [-0.15, -0.1) is 0 Å². The molecule has 3 aromatic rings. The lowest BCUT2D eigenvalue weighted by molar-refractivity contribution is 0.580. The van der Waals surface area contributed by atoms with Crippen molar-refractivity contribution in [3.63, 3.8) is 0 Å². The van der Waals surface area contributed by atoms with E-state index in [9.17, 15) is 0 Å². The first-order valence-electron chi connectivity index (χ1n) is 5.31. The van der Waals surface area contributed by atoms with Crippen molar-refractivity contribution in [1.82, 2.24) is 4.98 Å². The molecular formula is C13H9ClN2OS. The molecule has 5 heteroatoms. The van der Waals surface area contributed by atoms with E-state index in [1.54, 1.807) is 6.26 Å². The molecule has 18 heavy (non-hydrogen) atoms. The Bertz CT molecular complexity index is 731. The van der Waals surface area contributed by atoms with Crippen LogP contribution in [0.5, 0.6) is 0 Å². The predicted octanol–water partition coefficient (Wildman–Crippen LogP) is 3.72. The van der Waals surface area contributed by atoms with E-state index in [1.807, 2.05) is 30.3 Å². The highest BCUT2D eigenvalue weighted by atomic mass is 35.5. The van der Waals surface area contributed by atoms with Crippen LogP contribution in [0.4, 0.5) is 0 Å². The molecule has 0 spiro atoms. The minimum atomic E-state index is 0.315. The number of thiocarbonyl (C=S) groups is 1. The minimum Gasteiger partial charge on any atom is -0.463 e.